The molecule has 4 fully saturated rings. The molecular formula is C16H24N2O2. The van der Waals surface area contributed by atoms with Gasteiger partial charge in [0.1, 0.15) is 0 Å². The first-order valence-corrected chi connectivity index (χ1v) is 8.35. The Kier molecular flexibility index (Phi) is 3.00. The van der Waals surface area contributed by atoms with E-state index in [1.54, 1.807) is 0 Å². The molecule has 20 heavy (non-hydrogen) atoms. The Labute approximate surface area is 120 Å². The van der Waals surface area contributed by atoms with Crippen molar-refractivity contribution in [2.45, 2.75) is 75.9 Å². The highest BCUT2D eigenvalue weighted by Crippen LogP contribution is 2.38. The van der Waals surface area contributed by atoms with Gasteiger partial charge in [0.25, 0.3) is 0 Å². The molecule has 2 amide bonds. The van der Waals surface area contributed by atoms with Crippen molar-refractivity contribution in [1.82, 2.24) is 9.80 Å². The number of hydrogen-bond donors (Lipinski definition) is 0. The van der Waals surface area contributed by atoms with Crippen molar-refractivity contribution in [2.75, 3.05) is 6.54 Å². The van der Waals surface area contributed by atoms with Crippen molar-refractivity contribution in [3.05, 3.63) is 0 Å². The van der Waals surface area contributed by atoms with Crippen LogP contribution in [0.4, 0.5) is 0 Å². The highest BCUT2D eigenvalue weighted by Gasteiger charge is 2.46. The number of rotatable bonds is 4. The lowest BCUT2D eigenvalue weighted by atomic mass is 10.0. The van der Waals surface area contributed by atoms with Crippen LogP contribution in [0.15, 0.2) is 0 Å². The van der Waals surface area contributed by atoms with Crippen LogP contribution >= 0.6 is 0 Å². The van der Waals surface area contributed by atoms with Gasteiger partial charge in [0, 0.05) is 31.1 Å². The Morgan fingerprint density at radius 3 is 2.25 bits per heavy atom. The minimum atomic E-state index is -0.0516. The van der Waals surface area contributed by atoms with Crippen molar-refractivity contribution in [3.63, 3.8) is 0 Å². The van der Waals surface area contributed by atoms with Crippen LogP contribution in [-0.4, -0.2) is 46.3 Å². The summed E-state index contributed by atoms with van der Waals surface area (Å²) in [6, 6.07) is 1.43. The van der Waals surface area contributed by atoms with Crippen molar-refractivity contribution >= 4 is 11.8 Å². The molecule has 0 aromatic carbocycles. The van der Waals surface area contributed by atoms with Crippen molar-refractivity contribution < 1.29 is 9.59 Å². The molecule has 1 heterocycles. The smallest absolute Gasteiger partial charge is 0.228 e. The number of hydrogen-bond acceptors (Lipinski definition) is 2. The maximum Gasteiger partial charge on any atom is 0.228 e. The lowest BCUT2D eigenvalue weighted by Gasteiger charge is -2.31. The Morgan fingerprint density at radius 1 is 1.00 bits per heavy atom. The van der Waals surface area contributed by atoms with Crippen LogP contribution in [0.25, 0.3) is 0 Å². The summed E-state index contributed by atoms with van der Waals surface area (Å²) < 4.78 is 0. The molecule has 110 valence electrons. The molecule has 0 unspecified atom stereocenters. The van der Waals surface area contributed by atoms with E-state index < -0.39 is 0 Å². The molecule has 0 N–H and O–H groups in total. The first kappa shape index (κ1) is 12.7. The number of amides is 2. The summed E-state index contributed by atoms with van der Waals surface area (Å²) in [5, 5.41) is 0. The molecular weight excluding hydrogens is 252 g/mol. The lowest BCUT2D eigenvalue weighted by molar-refractivity contribution is -0.138. The summed E-state index contributed by atoms with van der Waals surface area (Å²) >= 11 is 0. The average molecular weight is 276 g/mol. The van der Waals surface area contributed by atoms with Gasteiger partial charge in [-0.1, -0.05) is 12.8 Å². The summed E-state index contributed by atoms with van der Waals surface area (Å²) in [6.07, 6.45) is 9.97. The van der Waals surface area contributed by atoms with E-state index in [1.807, 2.05) is 4.90 Å². The number of carbonyl (C=O) groups excluding carboxylic acids is 2. The van der Waals surface area contributed by atoms with Gasteiger partial charge in [-0.05, 0) is 38.5 Å². The van der Waals surface area contributed by atoms with Crippen LogP contribution in [0.1, 0.15) is 57.8 Å². The standard InChI is InChI=1S/C16H24N2O2/c19-15-9-11(10-17(15)12-5-6-12)16(20)18(14-7-8-14)13-3-1-2-4-13/h11-14H,1-10H2/t11-/m1/s1. The fraction of sp³-hybridized carbons (Fsp3) is 0.875. The topological polar surface area (TPSA) is 40.6 Å². The van der Waals surface area contributed by atoms with Gasteiger partial charge in [0.2, 0.25) is 11.8 Å². The molecule has 0 aromatic rings. The van der Waals surface area contributed by atoms with Gasteiger partial charge in [-0.25, -0.2) is 0 Å². The monoisotopic (exact) mass is 276 g/mol. The molecule has 1 aliphatic heterocycles. The Morgan fingerprint density at radius 2 is 1.65 bits per heavy atom. The molecule has 4 aliphatic rings. The van der Waals surface area contributed by atoms with Crippen LogP contribution in [0.2, 0.25) is 0 Å². The summed E-state index contributed by atoms with van der Waals surface area (Å²) in [5.41, 5.74) is 0. The van der Waals surface area contributed by atoms with E-state index in [1.165, 1.54) is 38.5 Å². The predicted molar refractivity (Wildman–Crippen MR) is 75.0 cm³/mol. The van der Waals surface area contributed by atoms with Crippen molar-refractivity contribution in [3.8, 4) is 0 Å². The molecule has 0 bridgehead atoms. The second-order valence-corrected chi connectivity index (χ2v) is 7.09. The first-order chi connectivity index (χ1) is 9.74. The molecule has 3 saturated carbocycles. The van der Waals surface area contributed by atoms with Gasteiger partial charge in [-0.3, -0.25) is 9.59 Å². The SMILES string of the molecule is O=C1C[C@@H](C(=O)N(C2CCCC2)C2CC2)CN1C1CC1. The van der Waals surface area contributed by atoms with E-state index in [0.717, 1.165) is 12.8 Å². The molecule has 4 nitrogen and oxygen atoms in total. The Hall–Kier alpha value is -1.06. The van der Waals surface area contributed by atoms with Crippen LogP contribution in [0, 0.1) is 5.92 Å². The predicted octanol–water partition coefficient (Wildman–Crippen LogP) is 1.93. The van der Waals surface area contributed by atoms with Crippen molar-refractivity contribution in [2.24, 2.45) is 5.92 Å². The molecule has 0 radical (unpaired) electrons. The van der Waals surface area contributed by atoms with E-state index in [2.05, 4.69) is 4.90 Å². The zero-order chi connectivity index (χ0) is 13.7. The molecule has 4 rings (SSSR count). The van der Waals surface area contributed by atoms with Gasteiger partial charge < -0.3 is 9.80 Å². The van der Waals surface area contributed by atoms with E-state index in [-0.39, 0.29) is 17.7 Å². The number of nitrogens with zero attached hydrogens (tertiary/aromatic N) is 2. The quantitative estimate of drug-likeness (QED) is 0.787. The molecule has 3 aliphatic carbocycles. The summed E-state index contributed by atoms with van der Waals surface area (Å²) in [5.74, 6) is 0.452. The maximum atomic E-state index is 12.9. The fourth-order valence-corrected chi connectivity index (χ4v) is 4.04. The summed E-state index contributed by atoms with van der Waals surface area (Å²) in [4.78, 5) is 29.1. The minimum absolute atomic E-state index is 0.0516. The average Bonchev–Trinajstić information content (AvgIpc) is 3.35. The molecule has 4 heteroatoms. The van der Waals surface area contributed by atoms with Crippen LogP contribution in [0.3, 0.4) is 0 Å². The Balaban J connectivity index is 1.46. The second kappa shape index (κ2) is 4.74. The third kappa shape index (κ3) is 2.23. The van der Waals surface area contributed by atoms with E-state index in [0.29, 0.717) is 31.1 Å². The van der Waals surface area contributed by atoms with E-state index in [9.17, 15) is 9.59 Å². The summed E-state index contributed by atoms with van der Waals surface area (Å²) in [6.45, 7) is 0.693. The molecule has 0 spiro atoms. The third-order valence-corrected chi connectivity index (χ3v) is 5.41. The molecule has 1 saturated heterocycles. The van der Waals surface area contributed by atoms with Gasteiger partial charge >= 0.3 is 0 Å². The first-order valence-electron chi connectivity index (χ1n) is 8.35. The van der Waals surface area contributed by atoms with Crippen molar-refractivity contribution in [1.29, 1.82) is 0 Å². The molecule has 1 atom stereocenters. The fourth-order valence-electron chi connectivity index (χ4n) is 4.04. The van der Waals surface area contributed by atoms with Gasteiger partial charge in [-0.2, -0.15) is 0 Å². The zero-order valence-electron chi connectivity index (χ0n) is 12.1. The maximum absolute atomic E-state index is 12.9. The minimum Gasteiger partial charge on any atom is -0.339 e. The highest BCUT2D eigenvalue weighted by molar-refractivity contribution is 5.90. The lowest BCUT2D eigenvalue weighted by Crippen LogP contribution is -2.44. The number of carbonyl (C=O) groups is 2. The molecule has 0 aromatic heterocycles. The van der Waals surface area contributed by atoms with Crippen LogP contribution in [-0.2, 0) is 9.59 Å². The normalized spacial score (nSPS) is 31.1. The largest absolute Gasteiger partial charge is 0.339 e. The van der Waals surface area contributed by atoms with Crippen LogP contribution in [0.5, 0.6) is 0 Å². The van der Waals surface area contributed by atoms with Gasteiger partial charge in [0.05, 0.1) is 5.92 Å². The van der Waals surface area contributed by atoms with Gasteiger partial charge in [-0.15, -0.1) is 0 Å². The van der Waals surface area contributed by atoms with E-state index in [4.69, 9.17) is 0 Å². The Bertz CT molecular complexity index is 422. The van der Waals surface area contributed by atoms with Gasteiger partial charge in [0.15, 0.2) is 0 Å². The summed E-state index contributed by atoms with van der Waals surface area (Å²) in [7, 11) is 0. The number of likely N-dealkylation sites (tertiary alicyclic amines) is 1. The second-order valence-electron chi connectivity index (χ2n) is 7.09. The van der Waals surface area contributed by atoms with Crippen LogP contribution < -0.4 is 0 Å². The zero-order valence-corrected chi connectivity index (χ0v) is 12.1. The highest BCUT2D eigenvalue weighted by atomic mass is 16.2. The van der Waals surface area contributed by atoms with E-state index >= 15 is 0 Å². The third-order valence-electron chi connectivity index (χ3n) is 5.41.